The third-order valence-corrected chi connectivity index (χ3v) is 1.69. The molecule has 1 atom stereocenters. The third-order valence-electron chi connectivity index (χ3n) is 1.31. The first-order valence-electron chi connectivity index (χ1n) is 3.42. The van der Waals surface area contributed by atoms with Crippen molar-refractivity contribution >= 4 is 21.5 Å². The summed E-state index contributed by atoms with van der Waals surface area (Å²) >= 11 is 0. The second-order valence-corrected chi connectivity index (χ2v) is 2.60. The number of hydrogen-bond donors (Lipinski definition) is 0. The number of nitrogens with zero attached hydrogens (tertiary/aromatic N) is 3. The van der Waals surface area contributed by atoms with Crippen molar-refractivity contribution in [3.8, 4) is 0 Å². The van der Waals surface area contributed by atoms with Gasteiger partial charge in [0.2, 0.25) is 0 Å². The Kier molecular flexibility index (Phi) is 2.94. The Bertz CT molecular complexity index is 402. The first kappa shape index (κ1) is 8.88. The van der Waals surface area contributed by atoms with Gasteiger partial charge in [0.1, 0.15) is 5.35 Å². The zero-order chi connectivity index (χ0) is 8.97. The quantitative estimate of drug-likeness (QED) is 0.591. The normalized spacial score (nSPS) is 13.4. The molecule has 1 aromatic heterocycles. The summed E-state index contributed by atoms with van der Waals surface area (Å²) in [6.07, 6.45) is 7.00. The highest BCUT2D eigenvalue weighted by molar-refractivity contribution is 7.14. The van der Waals surface area contributed by atoms with Crippen LogP contribution in [0, 0.1) is 0 Å². The molecule has 4 heteroatoms. The average molecular weight is 179 g/mol. The summed E-state index contributed by atoms with van der Waals surface area (Å²) in [6.45, 7) is 7.19. The summed E-state index contributed by atoms with van der Waals surface area (Å²) in [5.74, 6) is 0. The van der Waals surface area contributed by atoms with Crippen molar-refractivity contribution in [2.75, 3.05) is 0 Å². The van der Waals surface area contributed by atoms with Crippen LogP contribution >= 0.6 is 9.39 Å². The SMILES string of the molecule is C=C/C=c1/nnn(P)/c1=C/C=C. The van der Waals surface area contributed by atoms with Crippen LogP contribution in [-0.4, -0.2) is 14.8 Å². The van der Waals surface area contributed by atoms with Gasteiger partial charge < -0.3 is 0 Å². The second kappa shape index (κ2) is 3.98. The molecule has 0 amide bonds. The average Bonchev–Trinajstić information content (AvgIpc) is 2.37. The fourth-order valence-electron chi connectivity index (χ4n) is 0.817. The van der Waals surface area contributed by atoms with Crippen molar-refractivity contribution in [3.05, 3.63) is 36.0 Å². The van der Waals surface area contributed by atoms with E-state index in [-0.39, 0.29) is 0 Å². The first-order chi connectivity index (χ1) is 5.79. The van der Waals surface area contributed by atoms with Crippen LogP contribution in [0.4, 0.5) is 0 Å². The molecule has 1 unspecified atom stereocenters. The molecule has 0 radical (unpaired) electrons. The topological polar surface area (TPSA) is 30.7 Å². The Morgan fingerprint density at radius 2 is 1.92 bits per heavy atom. The summed E-state index contributed by atoms with van der Waals surface area (Å²) < 4.78 is 1.61. The van der Waals surface area contributed by atoms with Crippen LogP contribution in [0.25, 0.3) is 12.2 Å². The highest BCUT2D eigenvalue weighted by Gasteiger charge is 1.90. The molecule has 1 heterocycles. The van der Waals surface area contributed by atoms with Crippen LogP contribution in [0.5, 0.6) is 0 Å². The predicted molar refractivity (Wildman–Crippen MR) is 53.7 cm³/mol. The van der Waals surface area contributed by atoms with Crippen LogP contribution < -0.4 is 10.7 Å². The standard InChI is InChI=1S/C8H10N3P/c1-3-5-7-8(6-4-2)11(12)10-9-7/h3-6H,1-2,12H2/b7-5+,8-6+. The smallest absolute Gasteiger partial charge is 0.113 e. The molecule has 0 aromatic carbocycles. The van der Waals surface area contributed by atoms with Crippen LogP contribution in [0.2, 0.25) is 0 Å². The van der Waals surface area contributed by atoms with Gasteiger partial charge >= 0.3 is 0 Å². The largest absolute Gasteiger partial charge is 0.231 e. The van der Waals surface area contributed by atoms with E-state index in [2.05, 4.69) is 32.9 Å². The molecule has 1 rings (SSSR count). The van der Waals surface area contributed by atoms with E-state index in [1.165, 1.54) is 0 Å². The highest BCUT2D eigenvalue weighted by Crippen LogP contribution is 1.76. The molecule has 0 N–H and O–H groups in total. The lowest BCUT2D eigenvalue weighted by molar-refractivity contribution is 0.876. The van der Waals surface area contributed by atoms with Crippen molar-refractivity contribution in [2.45, 2.75) is 0 Å². The maximum absolute atomic E-state index is 3.91. The third kappa shape index (κ3) is 1.69. The Hall–Kier alpha value is -1.21. The van der Waals surface area contributed by atoms with Gasteiger partial charge in [-0.15, -0.1) is 5.10 Å². The van der Waals surface area contributed by atoms with Gasteiger partial charge in [-0.2, -0.15) is 0 Å². The van der Waals surface area contributed by atoms with Gasteiger partial charge in [0, 0.05) is 0 Å². The van der Waals surface area contributed by atoms with Crippen LogP contribution in [0.3, 0.4) is 0 Å². The van der Waals surface area contributed by atoms with Crippen molar-refractivity contribution in [2.24, 2.45) is 0 Å². The number of hydrogen-bond acceptors (Lipinski definition) is 2. The van der Waals surface area contributed by atoms with Gasteiger partial charge in [-0.3, -0.25) is 0 Å². The Labute approximate surface area is 73.0 Å². The molecule has 0 aliphatic heterocycles. The van der Waals surface area contributed by atoms with Crippen molar-refractivity contribution in [1.82, 2.24) is 14.8 Å². The molecule has 0 aliphatic rings. The fourth-order valence-corrected chi connectivity index (χ4v) is 1.09. The molecule has 0 aliphatic carbocycles. The van der Waals surface area contributed by atoms with E-state index in [4.69, 9.17) is 0 Å². The molecular weight excluding hydrogens is 169 g/mol. The molecule has 0 saturated carbocycles. The van der Waals surface area contributed by atoms with Crippen molar-refractivity contribution in [3.63, 3.8) is 0 Å². The van der Waals surface area contributed by atoms with E-state index >= 15 is 0 Å². The summed E-state index contributed by atoms with van der Waals surface area (Å²) in [5, 5.41) is 9.43. The zero-order valence-corrected chi connectivity index (χ0v) is 7.80. The second-order valence-electron chi connectivity index (χ2n) is 2.11. The maximum Gasteiger partial charge on any atom is 0.113 e. The molecule has 0 bridgehead atoms. The Morgan fingerprint density at radius 3 is 2.50 bits per heavy atom. The summed E-state index contributed by atoms with van der Waals surface area (Å²) in [4.78, 5) is 0. The molecule has 62 valence electrons. The minimum Gasteiger partial charge on any atom is -0.231 e. The predicted octanol–water partition coefficient (Wildman–Crippen LogP) is -0.151. The lowest BCUT2D eigenvalue weighted by atomic mass is 10.4. The molecule has 0 spiro atoms. The summed E-state index contributed by atoms with van der Waals surface area (Å²) in [5.41, 5.74) is 0. The van der Waals surface area contributed by atoms with Crippen molar-refractivity contribution in [1.29, 1.82) is 0 Å². The fraction of sp³-hybridized carbons (Fsp3) is 0. The monoisotopic (exact) mass is 179 g/mol. The summed E-state index contributed by atoms with van der Waals surface area (Å²) in [6, 6.07) is 0. The van der Waals surface area contributed by atoms with E-state index in [1.807, 2.05) is 6.08 Å². The van der Waals surface area contributed by atoms with Crippen molar-refractivity contribution < 1.29 is 0 Å². The molecule has 3 nitrogen and oxygen atoms in total. The Morgan fingerprint density at radius 1 is 1.25 bits per heavy atom. The van der Waals surface area contributed by atoms with E-state index in [0.29, 0.717) is 0 Å². The van der Waals surface area contributed by atoms with E-state index in [9.17, 15) is 0 Å². The molecular formula is C8H10N3P. The van der Waals surface area contributed by atoms with Gasteiger partial charge in [-0.25, -0.2) is 4.45 Å². The highest BCUT2D eigenvalue weighted by atomic mass is 31.0. The minimum absolute atomic E-state index is 0.792. The van der Waals surface area contributed by atoms with E-state index in [0.717, 1.165) is 10.7 Å². The van der Waals surface area contributed by atoms with Gasteiger partial charge in [-0.1, -0.05) is 30.5 Å². The lowest BCUT2D eigenvalue weighted by Gasteiger charge is -1.82. The lowest BCUT2D eigenvalue weighted by Crippen LogP contribution is -2.26. The molecule has 12 heavy (non-hydrogen) atoms. The number of allylic oxidation sites excluding steroid dienone is 2. The van der Waals surface area contributed by atoms with E-state index < -0.39 is 0 Å². The Balaban J connectivity index is 3.52. The van der Waals surface area contributed by atoms with Gasteiger partial charge in [-0.05, 0) is 21.5 Å². The zero-order valence-electron chi connectivity index (χ0n) is 6.64. The maximum atomic E-state index is 3.91. The number of aromatic nitrogens is 3. The minimum atomic E-state index is 0.792. The number of rotatable bonds is 2. The summed E-state index contributed by atoms with van der Waals surface area (Å²) in [7, 11) is 2.44. The van der Waals surface area contributed by atoms with Gasteiger partial charge in [0.15, 0.2) is 0 Å². The van der Waals surface area contributed by atoms with Crippen LogP contribution in [0.1, 0.15) is 0 Å². The van der Waals surface area contributed by atoms with Crippen LogP contribution in [0.15, 0.2) is 25.3 Å². The molecule has 1 aromatic rings. The molecule has 0 saturated heterocycles. The van der Waals surface area contributed by atoms with Gasteiger partial charge in [0.05, 0.1) is 5.35 Å². The van der Waals surface area contributed by atoms with E-state index in [1.54, 1.807) is 22.7 Å². The molecule has 0 fully saturated rings. The first-order valence-corrected chi connectivity index (χ1v) is 3.93. The van der Waals surface area contributed by atoms with Crippen LogP contribution in [-0.2, 0) is 0 Å². The van der Waals surface area contributed by atoms with Gasteiger partial charge in [0.25, 0.3) is 0 Å².